The van der Waals surface area contributed by atoms with Crippen LogP contribution < -0.4 is 9.46 Å². The van der Waals surface area contributed by atoms with Crippen molar-refractivity contribution >= 4 is 16.0 Å². The molecule has 0 radical (unpaired) electrons. The minimum atomic E-state index is -3.97. The van der Waals surface area contributed by atoms with Crippen LogP contribution in [0.5, 0.6) is 5.75 Å². The van der Waals surface area contributed by atoms with E-state index >= 15 is 0 Å². The number of hydrogen-bond acceptors (Lipinski definition) is 4. The normalized spacial score (nSPS) is 12.5. The fraction of sp³-hybridized carbons (Fsp3) is 0.208. The molecule has 1 atom stereocenters. The van der Waals surface area contributed by atoms with Crippen LogP contribution in [0, 0.1) is 5.92 Å². The quantitative estimate of drug-likeness (QED) is 0.518. The zero-order chi connectivity index (χ0) is 22.4. The molecule has 0 fully saturated rings. The monoisotopic (exact) mass is 439 g/mol. The summed E-state index contributed by atoms with van der Waals surface area (Å²) in [5, 5.41) is 9.27. The molecule has 1 unspecified atom stereocenters. The van der Waals surface area contributed by atoms with Crippen LogP contribution in [0.1, 0.15) is 19.4 Å². The van der Waals surface area contributed by atoms with Gasteiger partial charge in [0.15, 0.2) is 0 Å². The van der Waals surface area contributed by atoms with Crippen LogP contribution in [0.3, 0.4) is 0 Å². The second-order valence-electron chi connectivity index (χ2n) is 7.48. The van der Waals surface area contributed by atoms with Crippen LogP contribution in [0.4, 0.5) is 0 Å². The Morgan fingerprint density at radius 1 is 0.935 bits per heavy atom. The molecule has 0 amide bonds. The summed E-state index contributed by atoms with van der Waals surface area (Å²) in [7, 11) is -3.97. The Kier molecular flexibility index (Phi) is 7.09. The van der Waals surface area contributed by atoms with Gasteiger partial charge in [-0.3, -0.25) is 4.79 Å². The van der Waals surface area contributed by atoms with Crippen LogP contribution in [0.2, 0.25) is 0 Å². The number of aliphatic carboxylic acids is 1. The molecule has 31 heavy (non-hydrogen) atoms. The third-order valence-electron chi connectivity index (χ3n) is 4.81. The Morgan fingerprint density at radius 2 is 1.55 bits per heavy atom. The number of nitrogens with one attached hydrogen (secondary N) is 1. The Balaban J connectivity index is 1.81. The van der Waals surface area contributed by atoms with E-state index in [1.807, 2.05) is 54.6 Å². The minimum absolute atomic E-state index is 0.00540. The highest BCUT2D eigenvalue weighted by atomic mass is 32.2. The number of carboxylic acids is 1. The van der Waals surface area contributed by atoms with Crippen molar-refractivity contribution in [1.29, 1.82) is 0 Å². The topological polar surface area (TPSA) is 92.7 Å². The van der Waals surface area contributed by atoms with E-state index in [0.717, 1.165) is 16.7 Å². The molecular weight excluding hydrogens is 414 g/mol. The Bertz CT molecular complexity index is 1130. The number of sulfonamides is 1. The molecule has 0 aromatic heterocycles. The first kappa shape index (κ1) is 22.5. The van der Waals surface area contributed by atoms with Crippen molar-refractivity contribution in [2.24, 2.45) is 5.92 Å². The lowest BCUT2D eigenvalue weighted by atomic mass is 10.0. The Hall–Kier alpha value is -3.16. The molecule has 0 saturated heterocycles. The van der Waals surface area contributed by atoms with Gasteiger partial charge in [-0.05, 0) is 35.2 Å². The van der Waals surface area contributed by atoms with Gasteiger partial charge in [0, 0.05) is 5.56 Å². The van der Waals surface area contributed by atoms with Gasteiger partial charge in [0.25, 0.3) is 0 Å². The maximum absolute atomic E-state index is 12.6. The average Bonchev–Trinajstić information content (AvgIpc) is 2.77. The first-order valence-electron chi connectivity index (χ1n) is 9.89. The van der Waals surface area contributed by atoms with Gasteiger partial charge in [0.1, 0.15) is 18.4 Å². The third-order valence-corrected chi connectivity index (χ3v) is 6.27. The summed E-state index contributed by atoms with van der Waals surface area (Å²) in [6.45, 7) is 3.72. The number of carbonyl (C=O) groups is 1. The average molecular weight is 440 g/mol. The smallest absolute Gasteiger partial charge is 0.322 e. The Labute approximate surface area is 182 Å². The second-order valence-corrected chi connectivity index (χ2v) is 9.19. The lowest BCUT2D eigenvalue weighted by Gasteiger charge is -2.18. The van der Waals surface area contributed by atoms with Gasteiger partial charge in [0.2, 0.25) is 10.0 Å². The van der Waals surface area contributed by atoms with Crippen molar-refractivity contribution in [3.05, 3.63) is 84.4 Å². The van der Waals surface area contributed by atoms with Crippen LogP contribution in [0.15, 0.2) is 83.8 Å². The zero-order valence-corrected chi connectivity index (χ0v) is 18.2. The Morgan fingerprint density at radius 3 is 2.16 bits per heavy atom. The number of carboxylic acid groups (broad SMARTS) is 1. The highest BCUT2D eigenvalue weighted by Gasteiger charge is 2.28. The summed E-state index contributed by atoms with van der Waals surface area (Å²) in [5.41, 5.74) is 2.67. The molecule has 0 saturated carbocycles. The maximum atomic E-state index is 12.6. The molecule has 3 aromatic rings. The van der Waals surface area contributed by atoms with E-state index in [1.54, 1.807) is 26.0 Å². The highest BCUT2D eigenvalue weighted by molar-refractivity contribution is 7.89. The van der Waals surface area contributed by atoms with Gasteiger partial charge in [0.05, 0.1) is 4.90 Å². The van der Waals surface area contributed by atoms with Crippen molar-refractivity contribution in [3.8, 4) is 16.9 Å². The summed E-state index contributed by atoms with van der Waals surface area (Å²) in [6, 6.07) is 22.4. The molecule has 3 aromatic carbocycles. The fourth-order valence-corrected chi connectivity index (χ4v) is 4.42. The van der Waals surface area contributed by atoms with Crippen molar-refractivity contribution < 1.29 is 23.1 Å². The molecular formula is C24H25NO5S. The van der Waals surface area contributed by atoms with E-state index in [4.69, 9.17) is 4.74 Å². The van der Waals surface area contributed by atoms with Crippen LogP contribution in [-0.2, 0) is 21.4 Å². The van der Waals surface area contributed by atoms with Crippen molar-refractivity contribution in [2.75, 3.05) is 0 Å². The van der Waals surface area contributed by atoms with Gasteiger partial charge in [-0.25, -0.2) is 8.42 Å². The van der Waals surface area contributed by atoms with Gasteiger partial charge < -0.3 is 9.84 Å². The predicted octanol–water partition coefficient (Wildman–Crippen LogP) is 4.32. The summed E-state index contributed by atoms with van der Waals surface area (Å²) in [6.07, 6.45) is 0. The SMILES string of the molecule is CC(C)C(NS(=O)(=O)c1ccc(-c2ccccc2OCc2ccccc2)cc1)C(=O)O. The third kappa shape index (κ3) is 5.71. The van der Waals surface area contributed by atoms with E-state index in [0.29, 0.717) is 12.4 Å². The van der Waals surface area contributed by atoms with Gasteiger partial charge in [-0.15, -0.1) is 0 Å². The molecule has 3 rings (SSSR count). The number of benzene rings is 3. The predicted molar refractivity (Wildman–Crippen MR) is 119 cm³/mol. The van der Waals surface area contributed by atoms with Gasteiger partial charge in [-0.1, -0.05) is 74.5 Å². The van der Waals surface area contributed by atoms with Crippen LogP contribution >= 0.6 is 0 Å². The van der Waals surface area contributed by atoms with E-state index in [9.17, 15) is 18.3 Å². The molecule has 0 heterocycles. The minimum Gasteiger partial charge on any atom is -0.488 e. The highest BCUT2D eigenvalue weighted by Crippen LogP contribution is 2.31. The van der Waals surface area contributed by atoms with Gasteiger partial charge in [-0.2, -0.15) is 4.72 Å². The lowest BCUT2D eigenvalue weighted by Crippen LogP contribution is -2.44. The molecule has 0 aliphatic rings. The van der Waals surface area contributed by atoms with Gasteiger partial charge >= 0.3 is 5.97 Å². The van der Waals surface area contributed by atoms with Crippen molar-refractivity contribution in [3.63, 3.8) is 0 Å². The fourth-order valence-electron chi connectivity index (χ4n) is 3.09. The molecule has 0 aliphatic heterocycles. The molecule has 0 spiro atoms. The first-order chi connectivity index (χ1) is 14.8. The summed E-state index contributed by atoms with van der Waals surface area (Å²) >= 11 is 0. The molecule has 162 valence electrons. The molecule has 7 heteroatoms. The molecule has 0 aliphatic carbocycles. The largest absolute Gasteiger partial charge is 0.488 e. The van der Waals surface area contributed by atoms with Crippen LogP contribution in [-0.4, -0.2) is 25.5 Å². The number of hydrogen-bond donors (Lipinski definition) is 2. The molecule has 2 N–H and O–H groups in total. The second kappa shape index (κ2) is 9.76. The number of rotatable bonds is 9. The van der Waals surface area contributed by atoms with E-state index in [-0.39, 0.29) is 10.8 Å². The summed E-state index contributed by atoms with van der Waals surface area (Å²) in [5.74, 6) is -0.911. The van der Waals surface area contributed by atoms with Crippen molar-refractivity contribution in [2.45, 2.75) is 31.4 Å². The zero-order valence-electron chi connectivity index (χ0n) is 17.4. The summed E-state index contributed by atoms with van der Waals surface area (Å²) < 4.78 is 33.5. The van der Waals surface area contributed by atoms with Crippen LogP contribution in [0.25, 0.3) is 11.1 Å². The lowest BCUT2D eigenvalue weighted by molar-refractivity contribution is -0.140. The molecule has 6 nitrogen and oxygen atoms in total. The maximum Gasteiger partial charge on any atom is 0.322 e. The molecule has 0 bridgehead atoms. The van der Waals surface area contributed by atoms with E-state index in [2.05, 4.69) is 4.72 Å². The van der Waals surface area contributed by atoms with E-state index < -0.39 is 22.0 Å². The number of para-hydroxylation sites is 1. The first-order valence-corrected chi connectivity index (χ1v) is 11.4. The number of ether oxygens (including phenoxy) is 1. The standard InChI is InChI=1S/C24H25NO5S/c1-17(2)23(24(26)27)25-31(28,29)20-14-12-19(13-15-20)21-10-6-7-11-22(21)30-16-18-8-4-3-5-9-18/h3-15,17,23,25H,16H2,1-2H3,(H,26,27). The van der Waals surface area contributed by atoms with Crippen molar-refractivity contribution in [1.82, 2.24) is 4.72 Å². The van der Waals surface area contributed by atoms with E-state index in [1.165, 1.54) is 12.1 Å². The summed E-state index contributed by atoms with van der Waals surface area (Å²) in [4.78, 5) is 11.4.